The topological polar surface area (TPSA) is 304 Å². The van der Waals surface area contributed by atoms with Crippen molar-refractivity contribution in [3.63, 3.8) is 0 Å². The summed E-state index contributed by atoms with van der Waals surface area (Å²) in [6.07, 6.45) is 2.08. The third kappa shape index (κ3) is 16.1. The maximum atomic E-state index is 13.5. The van der Waals surface area contributed by atoms with Crippen LogP contribution >= 0.6 is 11.8 Å². The number of nitrogens with one attached hydrogen (secondary N) is 5. The fraction of sp³-hybridized carbons (Fsp3) is 0.565. The number of benzene rings is 2. The minimum Gasteiger partial charge on any atom is -0.484 e. The minimum atomic E-state index is -3.48. The first-order chi connectivity index (χ1) is 34.6. The van der Waals surface area contributed by atoms with Gasteiger partial charge >= 0.3 is 5.50 Å². The number of nitrogens with zero attached hydrogens (tertiary/aromatic N) is 3. The largest absolute Gasteiger partial charge is 0.484 e. The van der Waals surface area contributed by atoms with E-state index in [4.69, 9.17) is 23.7 Å². The first-order valence-corrected chi connectivity index (χ1v) is 26.5. The number of nitroso groups, excluding NO2 is 1. The van der Waals surface area contributed by atoms with Crippen LogP contribution in [0.1, 0.15) is 70.8 Å². The van der Waals surface area contributed by atoms with E-state index in [1.54, 1.807) is 0 Å². The van der Waals surface area contributed by atoms with Gasteiger partial charge in [-0.15, -0.1) is 0 Å². The third-order valence-corrected chi connectivity index (χ3v) is 14.3. The summed E-state index contributed by atoms with van der Waals surface area (Å²) in [5.41, 5.74) is 0.0809. The molecule has 0 aliphatic carbocycles. The Bertz CT molecular complexity index is 2410. The summed E-state index contributed by atoms with van der Waals surface area (Å²) < 4.78 is 53.7. The van der Waals surface area contributed by atoms with Gasteiger partial charge in [-0.25, -0.2) is 12.7 Å². The smallest absolute Gasteiger partial charge is 0.325 e. The van der Waals surface area contributed by atoms with Crippen LogP contribution in [0.5, 0.6) is 5.75 Å². The van der Waals surface area contributed by atoms with Crippen LogP contribution in [-0.2, 0) is 57.7 Å². The summed E-state index contributed by atoms with van der Waals surface area (Å²) in [6.45, 7) is 2.19. The standard InChI is InChI=1S/C46H60N8O16S2/c1-72(64,65)52-17-13-31(27-52)41(58)49-35(42(59)51-46-54(63)37(29-71-46)30-6-3-2-4-7-30)14-19-66-18-5-8-38(55)47-15-20-67-22-24-69-25-23-68-21-16-48-40(57)28-70-32-9-10-33-34(26-32)45(62)53(44(33)61)36-11-12-39(56)50-43(36)60/h2-4,6-7,9-10,26,31,35-37,46H,5,8,11-25,27-29H2,1H3,(H4-,47,48,49,50,51,55,56,57,58,59,60)/p+1/t31?,35-,36?,37?,46?/m0/s1. The zero-order chi connectivity index (χ0) is 51.6. The van der Waals surface area contributed by atoms with E-state index < -0.39 is 80.9 Å². The minimum absolute atomic E-state index is 0.00602. The lowest BCUT2D eigenvalue weighted by Crippen LogP contribution is -2.54. The van der Waals surface area contributed by atoms with Gasteiger partial charge in [0.25, 0.3) is 17.7 Å². The van der Waals surface area contributed by atoms with Gasteiger partial charge in [-0.2, -0.15) is 0 Å². The maximum Gasteiger partial charge on any atom is 0.325 e. The van der Waals surface area contributed by atoms with Gasteiger partial charge in [-0.1, -0.05) is 42.1 Å². The van der Waals surface area contributed by atoms with Crippen molar-refractivity contribution in [3.05, 3.63) is 70.1 Å². The predicted octanol–water partition coefficient (Wildman–Crippen LogP) is -0.631. The van der Waals surface area contributed by atoms with Crippen LogP contribution in [0, 0.1) is 10.8 Å². The predicted molar refractivity (Wildman–Crippen MR) is 255 cm³/mol. The molecule has 3 fully saturated rings. The van der Waals surface area contributed by atoms with Gasteiger partial charge in [0.15, 0.2) is 6.61 Å². The van der Waals surface area contributed by atoms with E-state index in [2.05, 4.69) is 26.6 Å². The molecule has 0 spiro atoms. The van der Waals surface area contributed by atoms with Crippen molar-refractivity contribution in [2.45, 2.75) is 62.1 Å². The molecule has 0 radical (unpaired) electrons. The molecule has 24 nitrogen and oxygen atoms in total. The highest BCUT2D eigenvalue weighted by atomic mass is 32.2. The highest BCUT2D eigenvalue weighted by Gasteiger charge is 2.46. The average Bonchev–Trinajstić information content (AvgIpc) is 4.07. The van der Waals surface area contributed by atoms with Crippen LogP contribution < -0.4 is 31.3 Å². The van der Waals surface area contributed by atoms with Crippen LogP contribution in [0.15, 0.2) is 48.5 Å². The summed E-state index contributed by atoms with van der Waals surface area (Å²) in [6, 6.07) is 10.8. The van der Waals surface area contributed by atoms with E-state index in [0.29, 0.717) is 25.2 Å². The number of ether oxygens (including phenoxy) is 5. The summed E-state index contributed by atoms with van der Waals surface area (Å²) in [4.78, 5) is 115. The number of fused-ring (bicyclic) bond motifs is 1. The quantitative estimate of drug-likeness (QED) is 0.0385. The number of imide groups is 2. The Labute approximate surface area is 420 Å². The van der Waals surface area contributed by atoms with Crippen molar-refractivity contribution in [2.75, 3.05) is 97.6 Å². The monoisotopic (exact) mass is 1050 g/mol. The van der Waals surface area contributed by atoms with Crippen LogP contribution in [-0.4, -0.2) is 185 Å². The van der Waals surface area contributed by atoms with Crippen molar-refractivity contribution >= 4 is 69.0 Å². The van der Waals surface area contributed by atoms with E-state index in [1.165, 1.54) is 34.3 Å². The summed E-state index contributed by atoms with van der Waals surface area (Å²) >= 11 is 1.28. The summed E-state index contributed by atoms with van der Waals surface area (Å²) in [7, 11) is -3.48. The van der Waals surface area contributed by atoms with Crippen molar-refractivity contribution in [3.8, 4) is 5.75 Å². The van der Waals surface area contributed by atoms with Crippen LogP contribution in [0.2, 0.25) is 0 Å². The highest BCUT2D eigenvalue weighted by molar-refractivity contribution is 7.99. The molecule has 2 aromatic carbocycles. The maximum absolute atomic E-state index is 13.5. The van der Waals surface area contributed by atoms with Gasteiger partial charge in [-0.3, -0.25) is 53.9 Å². The number of hydrogen-bond donors (Lipinski definition) is 5. The van der Waals surface area contributed by atoms with Crippen molar-refractivity contribution < 1.29 is 75.2 Å². The second-order valence-corrected chi connectivity index (χ2v) is 20.2. The normalized spacial score (nSPS) is 20.5. The van der Waals surface area contributed by atoms with Gasteiger partial charge < -0.3 is 39.6 Å². The molecule has 72 heavy (non-hydrogen) atoms. The van der Waals surface area contributed by atoms with E-state index in [1.807, 2.05) is 30.3 Å². The van der Waals surface area contributed by atoms with Gasteiger partial charge in [-0.05, 0) is 43.9 Å². The number of carbonyl (C=O) groups is 8. The Kier molecular flexibility index (Phi) is 21.0. The lowest BCUT2D eigenvalue weighted by Gasteiger charge is -2.27. The number of amides is 8. The molecule has 0 saturated carbocycles. The molecule has 5 atom stereocenters. The molecule has 6 rings (SSSR count). The lowest BCUT2D eigenvalue weighted by atomic mass is 10.0. The number of hydrogen-bond acceptors (Lipinski definition) is 17. The Morgan fingerprint density at radius 2 is 1.50 bits per heavy atom. The molecule has 0 aromatic heterocycles. The van der Waals surface area contributed by atoms with Gasteiger partial charge in [0.1, 0.15) is 17.8 Å². The van der Waals surface area contributed by atoms with Crippen molar-refractivity contribution in [2.24, 2.45) is 5.92 Å². The molecule has 4 aliphatic rings. The first-order valence-electron chi connectivity index (χ1n) is 23.6. The fourth-order valence-corrected chi connectivity index (χ4v) is 10.2. The molecule has 8 amide bonds. The van der Waals surface area contributed by atoms with Gasteiger partial charge in [0, 0.05) is 67.5 Å². The number of sulfonamides is 1. The Balaban J connectivity index is 0.756. The van der Waals surface area contributed by atoms with E-state index in [9.17, 15) is 51.7 Å². The third-order valence-electron chi connectivity index (χ3n) is 11.9. The number of carbonyl (C=O) groups excluding carboxylic acids is 8. The molecule has 5 N–H and O–H groups in total. The Morgan fingerprint density at radius 3 is 2.18 bits per heavy atom. The molecular formula is C46H61N8O16S2+. The van der Waals surface area contributed by atoms with Gasteiger partial charge in [0.05, 0.1) is 68.7 Å². The molecule has 392 valence electrons. The van der Waals surface area contributed by atoms with E-state index in [0.717, 1.165) is 21.5 Å². The molecule has 3 saturated heterocycles. The Hall–Kier alpha value is -5.90. The molecular weight excluding hydrogens is 985 g/mol. The lowest BCUT2D eigenvalue weighted by molar-refractivity contribution is -0.595. The fourth-order valence-electron chi connectivity index (χ4n) is 8.07. The molecule has 4 heterocycles. The van der Waals surface area contributed by atoms with Crippen LogP contribution in [0.25, 0.3) is 0 Å². The van der Waals surface area contributed by atoms with E-state index in [-0.39, 0.29) is 128 Å². The SMILES string of the molecule is CS(=O)(=O)N1CCC(C(=O)N[C@@H](CCOCCCC(=O)NCCOCCOCCOCCNC(=O)COc2ccc3c(c2)C(=O)N(C2CCC(=O)NC2=O)C3=O)C(=O)NC2SCC(c3ccccc3)[N+]2=O)C1. The number of rotatable bonds is 29. The number of thioether (sulfide) groups is 1. The van der Waals surface area contributed by atoms with Crippen LogP contribution in [0.4, 0.5) is 0 Å². The molecule has 0 bridgehead atoms. The number of piperidine rings is 1. The zero-order valence-corrected chi connectivity index (χ0v) is 41.5. The summed E-state index contributed by atoms with van der Waals surface area (Å²) in [5, 5.41) is 13.0. The highest BCUT2D eigenvalue weighted by Crippen LogP contribution is 2.34. The van der Waals surface area contributed by atoms with Crippen molar-refractivity contribution in [1.82, 2.24) is 35.8 Å². The second kappa shape index (κ2) is 27.2. The molecule has 4 aliphatic heterocycles. The second-order valence-electron chi connectivity index (χ2n) is 17.1. The van der Waals surface area contributed by atoms with Crippen LogP contribution in [0.3, 0.4) is 0 Å². The average molecular weight is 1050 g/mol. The molecule has 26 heteroatoms. The van der Waals surface area contributed by atoms with Crippen molar-refractivity contribution in [1.29, 1.82) is 0 Å². The van der Waals surface area contributed by atoms with Gasteiger partial charge in [0.2, 0.25) is 45.6 Å². The molecule has 4 unspecified atom stereocenters. The summed E-state index contributed by atoms with van der Waals surface area (Å²) in [5.74, 6) is -4.19. The van der Waals surface area contributed by atoms with E-state index >= 15 is 0 Å². The first kappa shape index (κ1) is 55.4. The zero-order valence-electron chi connectivity index (χ0n) is 39.8. The molecule has 2 aromatic rings. The Morgan fingerprint density at radius 1 is 0.833 bits per heavy atom.